The zero-order chi connectivity index (χ0) is 20.2. The lowest BCUT2D eigenvalue weighted by molar-refractivity contribution is 1.31. The molecule has 0 radical (unpaired) electrons. The molecule has 6 N–H and O–H groups in total. The van der Waals surface area contributed by atoms with Gasteiger partial charge in [-0.3, -0.25) is 0 Å². The summed E-state index contributed by atoms with van der Waals surface area (Å²) in [5, 5.41) is 7.06. The number of anilines is 6. The van der Waals surface area contributed by atoms with Gasteiger partial charge in [-0.15, -0.1) is 0 Å². The van der Waals surface area contributed by atoms with Gasteiger partial charge < -0.3 is 22.1 Å². The second-order valence-electron chi connectivity index (χ2n) is 7.33. The minimum atomic E-state index is 0.762. The normalized spacial score (nSPS) is 13.2. The summed E-state index contributed by atoms with van der Waals surface area (Å²) in [5.74, 6) is 0. The smallest absolute Gasteiger partial charge is 0.0588 e. The van der Waals surface area contributed by atoms with Gasteiger partial charge in [0.05, 0.1) is 32.5 Å². The van der Waals surface area contributed by atoms with Crippen LogP contribution in [0.3, 0.4) is 0 Å². The summed E-state index contributed by atoms with van der Waals surface area (Å²) in [6.07, 6.45) is 0. The average molecular weight is 427 g/mol. The van der Waals surface area contributed by atoms with Crippen LogP contribution in [0.5, 0.6) is 0 Å². The highest BCUT2D eigenvalue weighted by molar-refractivity contribution is 8.00. The van der Waals surface area contributed by atoms with Crippen molar-refractivity contribution < 1.29 is 0 Å². The highest BCUT2D eigenvalue weighted by Gasteiger charge is 2.21. The number of nitrogens with two attached hydrogens (primary N) is 2. The number of hydrogen-bond acceptors (Lipinski definition) is 6. The third-order valence-electron chi connectivity index (χ3n) is 5.31. The van der Waals surface area contributed by atoms with Gasteiger partial charge in [0.25, 0.3) is 0 Å². The molecule has 0 saturated heterocycles. The maximum Gasteiger partial charge on any atom is 0.0588 e. The van der Waals surface area contributed by atoms with E-state index in [1.807, 2.05) is 36.4 Å². The molecule has 0 fully saturated rings. The van der Waals surface area contributed by atoms with Gasteiger partial charge in [0.2, 0.25) is 0 Å². The zero-order valence-corrected chi connectivity index (χ0v) is 17.5. The predicted molar refractivity (Wildman–Crippen MR) is 128 cm³/mol. The molecule has 0 bridgehead atoms. The highest BCUT2D eigenvalue weighted by Crippen LogP contribution is 2.51. The quantitative estimate of drug-likeness (QED) is 0.214. The maximum atomic E-state index is 6.46. The molecule has 2 aliphatic rings. The number of benzene rings is 4. The number of nitrogen functional groups attached to an aromatic ring is 2. The molecule has 146 valence electrons. The monoisotopic (exact) mass is 426 g/mol. The van der Waals surface area contributed by atoms with Crippen LogP contribution in [0.15, 0.2) is 92.4 Å². The van der Waals surface area contributed by atoms with Gasteiger partial charge in [-0.25, -0.2) is 0 Å². The van der Waals surface area contributed by atoms with Crippen LogP contribution in [-0.2, 0) is 0 Å². The van der Waals surface area contributed by atoms with Crippen LogP contribution < -0.4 is 22.1 Å². The first-order valence-electron chi connectivity index (χ1n) is 9.61. The van der Waals surface area contributed by atoms with E-state index in [-0.39, 0.29) is 0 Å². The van der Waals surface area contributed by atoms with Gasteiger partial charge in [0, 0.05) is 21.2 Å². The molecule has 6 rings (SSSR count). The van der Waals surface area contributed by atoms with Crippen molar-refractivity contribution >= 4 is 57.6 Å². The molecule has 0 aliphatic carbocycles. The van der Waals surface area contributed by atoms with E-state index in [9.17, 15) is 0 Å². The van der Waals surface area contributed by atoms with Crippen molar-refractivity contribution in [1.82, 2.24) is 0 Å². The van der Waals surface area contributed by atoms with E-state index < -0.39 is 0 Å². The number of fused-ring (bicyclic) bond motifs is 4. The third-order valence-corrected chi connectivity index (χ3v) is 7.78. The number of nitrogens with one attached hydrogen (secondary N) is 2. The van der Waals surface area contributed by atoms with Crippen LogP contribution in [0, 0.1) is 0 Å². The summed E-state index contributed by atoms with van der Waals surface area (Å²) in [4.78, 5) is 4.49. The van der Waals surface area contributed by atoms with Crippen LogP contribution in [0.2, 0.25) is 0 Å². The molecule has 30 heavy (non-hydrogen) atoms. The SMILES string of the molecule is Nc1cc(-c2cc(N)c3c(c2)Nc2ccccc2S3)cc2c1Sc1ccccc1N2. The third kappa shape index (κ3) is 2.80. The van der Waals surface area contributed by atoms with Crippen molar-refractivity contribution in [2.75, 3.05) is 22.1 Å². The van der Waals surface area contributed by atoms with Crippen LogP contribution in [-0.4, -0.2) is 0 Å². The molecular weight excluding hydrogens is 408 g/mol. The van der Waals surface area contributed by atoms with Crippen molar-refractivity contribution in [3.05, 3.63) is 72.8 Å². The Morgan fingerprint density at radius 1 is 0.533 bits per heavy atom. The number of hydrogen-bond donors (Lipinski definition) is 4. The van der Waals surface area contributed by atoms with Crippen molar-refractivity contribution in [1.29, 1.82) is 0 Å². The second-order valence-corrected chi connectivity index (χ2v) is 9.44. The van der Waals surface area contributed by atoms with E-state index in [4.69, 9.17) is 11.5 Å². The minimum absolute atomic E-state index is 0.762. The van der Waals surface area contributed by atoms with E-state index in [1.54, 1.807) is 23.5 Å². The Labute approximate surface area is 183 Å². The van der Waals surface area contributed by atoms with Gasteiger partial charge in [-0.05, 0) is 59.7 Å². The molecule has 4 aromatic rings. The molecule has 0 unspecified atom stereocenters. The summed E-state index contributed by atoms with van der Waals surface area (Å²) < 4.78 is 0. The fraction of sp³-hybridized carbons (Fsp3) is 0. The summed E-state index contributed by atoms with van der Waals surface area (Å²) >= 11 is 3.41. The molecule has 2 heterocycles. The van der Waals surface area contributed by atoms with Gasteiger partial charge in [-0.1, -0.05) is 47.8 Å². The molecule has 6 heteroatoms. The average Bonchev–Trinajstić information content (AvgIpc) is 2.76. The molecule has 0 saturated carbocycles. The molecule has 0 spiro atoms. The molecule has 4 nitrogen and oxygen atoms in total. The van der Waals surface area contributed by atoms with E-state index in [1.165, 1.54) is 9.79 Å². The molecule has 4 aromatic carbocycles. The lowest BCUT2D eigenvalue weighted by Gasteiger charge is -2.24. The van der Waals surface area contributed by atoms with Gasteiger partial charge in [0.15, 0.2) is 0 Å². The summed E-state index contributed by atoms with van der Waals surface area (Å²) in [6.45, 7) is 0. The Hall–Kier alpha value is -3.22. The van der Waals surface area contributed by atoms with E-state index in [0.29, 0.717) is 0 Å². The summed E-state index contributed by atoms with van der Waals surface area (Å²) in [6, 6.07) is 24.9. The lowest BCUT2D eigenvalue weighted by atomic mass is 10.0. The van der Waals surface area contributed by atoms with Crippen LogP contribution in [0.25, 0.3) is 11.1 Å². The van der Waals surface area contributed by atoms with E-state index >= 15 is 0 Å². The lowest BCUT2D eigenvalue weighted by Crippen LogP contribution is -2.04. The van der Waals surface area contributed by atoms with Crippen molar-refractivity contribution in [2.45, 2.75) is 19.6 Å². The Bertz CT molecular complexity index is 1230. The van der Waals surface area contributed by atoms with Gasteiger partial charge in [-0.2, -0.15) is 0 Å². The van der Waals surface area contributed by atoms with Gasteiger partial charge in [0.1, 0.15) is 0 Å². The first-order chi connectivity index (χ1) is 14.7. The van der Waals surface area contributed by atoms with Crippen LogP contribution >= 0.6 is 23.5 Å². The predicted octanol–water partition coefficient (Wildman–Crippen LogP) is 6.93. The Balaban J connectivity index is 1.43. The molecule has 2 aliphatic heterocycles. The largest absolute Gasteiger partial charge is 0.398 e. The van der Waals surface area contributed by atoms with Crippen LogP contribution in [0.1, 0.15) is 0 Å². The Morgan fingerprint density at radius 3 is 1.43 bits per heavy atom. The fourth-order valence-electron chi connectivity index (χ4n) is 3.88. The topological polar surface area (TPSA) is 76.1 Å². The molecule has 0 amide bonds. The maximum absolute atomic E-state index is 6.46. The molecule has 0 aromatic heterocycles. The van der Waals surface area contributed by atoms with Gasteiger partial charge >= 0.3 is 0 Å². The molecular formula is C24H18N4S2. The number of rotatable bonds is 1. The van der Waals surface area contributed by atoms with E-state index in [2.05, 4.69) is 47.0 Å². The van der Waals surface area contributed by atoms with Crippen molar-refractivity contribution in [2.24, 2.45) is 0 Å². The number of para-hydroxylation sites is 2. The minimum Gasteiger partial charge on any atom is -0.398 e. The second kappa shape index (κ2) is 6.65. The summed E-state index contributed by atoms with van der Waals surface area (Å²) in [5.41, 5.74) is 20.8. The Morgan fingerprint density at radius 2 is 0.967 bits per heavy atom. The van der Waals surface area contributed by atoms with E-state index in [0.717, 1.165) is 55.0 Å². The van der Waals surface area contributed by atoms with Crippen molar-refractivity contribution in [3.8, 4) is 11.1 Å². The first-order valence-corrected chi connectivity index (χ1v) is 11.2. The fourth-order valence-corrected chi connectivity index (χ4v) is 5.86. The first kappa shape index (κ1) is 17.6. The van der Waals surface area contributed by atoms with Crippen LogP contribution in [0.4, 0.5) is 34.1 Å². The Kier molecular flexibility index (Phi) is 3.91. The molecule has 0 atom stereocenters. The highest BCUT2D eigenvalue weighted by atomic mass is 32.2. The van der Waals surface area contributed by atoms with Crippen molar-refractivity contribution in [3.63, 3.8) is 0 Å². The standard InChI is InChI=1S/C24H18N4S2/c25-15-9-13(11-19-23(15)29-21-7-3-1-5-17(21)27-19)14-10-16(26)24-20(12-14)28-18-6-2-4-8-22(18)30-24/h1-12,27-28H,25-26H2. The summed E-state index contributed by atoms with van der Waals surface area (Å²) in [7, 11) is 0. The zero-order valence-electron chi connectivity index (χ0n) is 15.9.